The fraction of sp³-hybridized carbons (Fsp3) is 0.100. The van der Waals surface area contributed by atoms with Gasteiger partial charge in [0.25, 0.3) is 0 Å². The van der Waals surface area contributed by atoms with Crippen LogP contribution in [0.3, 0.4) is 0 Å². The SMILES string of the molecule is C=c1cccn/c1=C/C=C(\C)N. The zero-order valence-electron chi connectivity index (χ0n) is 7.12. The summed E-state index contributed by atoms with van der Waals surface area (Å²) in [5, 5.41) is 1.78. The minimum absolute atomic E-state index is 0.764. The Morgan fingerprint density at radius 1 is 1.67 bits per heavy atom. The Balaban J connectivity index is 3.20. The quantitative estimate of drug-likeness (QED) is 0.634. The van der Waals surface area contributed by atoms with Gasteiger partial charge in [-0.05, 0) is 30.4 Å². The standard InChI is InChI=1S/C10H12N2/c1-8-4-3-7-12-10(8)6-5-9(2)11/h3-7H,1,11H2,2H3/b9-5+,10-6+. The van der Waals surface area contributed by atoms with Crippen molar-refractivity contribution >= 4 is 12.7 Å². The third kappa shape index (κ3) is 2.23. The van der Waals surface area contributed by atoms with Crippen molar-refractivity contribution in [2.75, 3.05) is 0 Å². The van der Waals surface area contributed by atoms with Gasteiger partial charge in [0.15, 0.2) is 0 Å². The number of aromatic nitrogens is 1. The van der Waals surface area contributed by atoms with Crippen LogP contribution in [0.15, 0.2) is 30.1 Å². The van der Waals surface area contributed by atoms with Crippen LogP contribution in [-0.2, 0) is 0 Å². The fourth-order valence-electron chi connectivity index (χ4n) is 0.811. The first-order valence-corrected chi connectivity index (χ1v) is 3.74. The van der Waals surface area contributed by atoms with E-state index in [9.17, 15) is 0 Å². The molecule has 0 spiro atoms. The maximum Gasteiger partial charge on any atom is 0.0696 e. The second-order valence-corrected chi connectivity index (χ2v) is 2.63. The Hall–Kier alpha value is -1.57. The van der Waals surface area contributed by atoms with Crippen LogP contribution in [0.25, 0.3) is 12.7 Å². The molecular formula is C10H12N2. The van der Waals surface area contributed by atoms with E-state index in [-0.39, 0.29) is 0 Å². The lowest BCUT2D eigenvalue weighted by Gasteiger charge is -1.86. The molecule has 0 aliphatic rings. The summed E-state index contributed by atoms with van der Waals surface area (Å²) in [5.74, 6) is 0. The van der Waals surface area contributed by atoms with Crippen LogP contribution in [-0.4, -0.2) is 4.98 Å². The summed E-state index contributed by atoms with van der Waals surface area (Å²) in [4.78, 5) is 4.13. The van der Waals surface area contributed by atoms with Crippen LogP contribution >= 0.6 is 0 Å². The van der Waals surface area contributed by atoms with Gasteiger partial charge >= 0.3 is 0 Å². The lowest BCUT2D eigenvalue weighted by atomic mass is 10.3. The topological polar surface area (TPSA) is 38.9 Å². The van der Waals surface area contributed by atoms with Crippen LogP contribution in [0, 0.1) is 0 Å². The highest BCUT2D eigenvalue weighted by Gasteiger charge is 1.79. The second-order valence-electron chi connectivity index (χ2n) is 2.63. The van der Waals surface area contributed by atoms with Crippen molar-refractivity contribution in [1.29, 1.82) is 0 Å². The molecule has 0 saturated carbocycles. The van der Waals surface area contributed by atoms with E-state index < -0.39 is 0 Å². The number of nitrogens with two attached hydrogens (primary N) is 1. The average molecular weight is 160 g/mol. The predicted octanol–water partition coefficient (Wildman–Crippen LogP) is 0.135. The predicted molar refractivity (Wildman–Crippen MR) is 51.4 cm³/mol. The van der Waals surface area contributed by atoms with Crippen LogP contribution in [0.4, 0.5) is 0 Å². The Bertz CT molecular complexity index is 387. The largest absolute Gasteiger partial charge is 0.402 e. The van der Waals surface area contributed by atoms with Crippen molar-refractivity contribution in [3.8, 4) is 0 Å². The van der Waals surface area contributed by atoms with Crippen molar-refractivity contribution in [3.63, 3.8) is 0 Å². The van der Waals surface area contributed by atoms with Crippen molar-refractivity contribution in [3.05, 3.63) is 40.7 Å². The van der Waals surface area contributed by atoms with Gasteiger partial charge in [-0.2, -0.15) is 0 Å². The van der Waals surface area contributed by atoms with Gasteiger partial charge < -0.3 is 5.73 Å². The highest BCUT2D eigenvalue weighted by molar-refractivity contribution is 5.36. The number of hydrogen-bond acceptors (Lipinski definition) is 2. The molecule has 2 N–H and O–H groups in total. The van der Waals surface area contributed by atoms with Gasteiger partial charge in [-0.25, -0.2) is 0 Å². The molecular weight excluding hydrogens is 148 g/mol. The summed E-state index contributed by atoms with van der Waals surface area (Å²) < 4.78 is 0. The molecule has 1 aromatic rings. The van der Waals surface area contributed by atoms with Gasteiger partial charge in [0.05, 0.1) is 5.35 Å². The lowest BCUT2D eigenvalue weighted by Crippen LogP contribution is -2.25. The zero-order chi connectivity index (χ0) is 8.97. The maximum atomic E-state index is 5.47. The molecule has 0 atom stereocenters. The first-order valence-electron chi connectivity index (χ1n) is 3.74. The summed E-state index contributed by atoms with van der Waals surface area (Å²) in [7, 11) is 0. The van der Waals surface area contributed by atoms with Crippen LogP contribution in [0.1, 0.15) is 6.92 Å². The lowest BCUT2D eigenvalue weighted by molar-refractivity contribution is 1.22. The molecule has 1 rings (SSSR count). The summed E-state index contributed by atoms with van der Waals surface area (Å²) in [6.07, 6.45) is 5.41. The number of nitrogens with zero attached hydrogens (tertiary/aromatic N) is 1. The minimum atomic E-state index is 0.764. The molecule has 0 aromatic carbocycles. The van der Waals surface area contributed by atoms with Crippen molar-refractivity contribution < 1.29 is 0 Å². The van der Waals surface area contributed by atoms with Crippen molar-refractivity contribution in [2.24, 2.45) is 5.73 Å². The average Bonchev–Trinajstić information content (AvgIpc) is 2.03. The molecule has 1 heterocycles. The van der Waals surface area contributed by atoms with E-state index in [4.69, 9.17) is 5.73 Å². The van der Waals surface area contributed by atoms with Gasteiger partial charge in [-0.15, -0.1) is 0 Å². The fourth-order valence-corrected chi connectivity index (χ4v) is 0.811. The van der Waals surface area contributed by atoms with Crippen LogP contribution < -0.4 is 16.3 Å². The molecule has 62 valence electrons. The second kappa shape index (κ2) is 3.72. The third-order valence-electron chi connectivity index (χ3n) is 1.43. The molecule has 0 radical (unpaired) electrons. The van der Waals surface area contributed by atoms with E-state index in [0.29, 0.717) is 0 Å². The van der Waals surface area contributed by atoms with E-state index in [1.165, 1.54) is 0 Å². The summed E-state index contributed by atoms with van der Waals surface area (Å²) in [6.45, 7) is 5.67. The Morgan fingerprint density at radius 3 is 3.00 bits per heavy atom. The Morgan fingerprint density at radius 2 is 2.42 bits per heavy atom. The van der Waals surface area contributed by atoms with Crippen LogP contribution in [0.5, 0.6) is 0 Å². The molecule has 0 fully saturated rings. The summed E-state index contributed by atoms with van der Waals surface area (Å²) in [5.41, 5.74) is 6.24. The van der Waals surface area contributed by atoms with Gasteiger partial charge in [0.1, 0.15) is 0 Å². The number of hydrogen-bond donors (Lipinski definition) is 1. The molecule has 0 saturated heterocycles. The van der Waals surface area contributed by atoms with Gasteiger partial charge in [0, 0.05) is 11.9 Å². The van der Waals surface area contributed by atoms with E-state index in [2.05, 4.69) is 11.6 Å². The Kier molecular flexibility index (Phi) is 2.64. The van der Waals surface area contributed by atoms with Gasteiger partial charge in [-0.3, -0.25) is 4.98 Å². The molecule has 0 amide bonds. The highest BCUT2D eigenvalue weighted by atomic mass is 14.6. The molecule has 0 unspecified atom stereocenters. The van der Waals surface area contributed by atoms with E-state index in [1.807, 2.05) is 31.2 Å². The van der Waals surface area contributed by atoms with E-state index in [1.54, 1.807) is 6.20 Å². The van der Waals surface area contributed by atoms with Crippen molar-refractivity contribution in [2.45, 2.75) is 6.92 Å². The highest BCUT2D eigenvalue weighted by Crippen LogP contribution is 1.78. The maximum absolute atomic E-state index is 5.47. The molecule has 12 heavy (non-hydrogen) atoms. The molecule has 0 aliphatic carbocycles. The van der Waals surface area contributed by atoms with Gasteiger partial charge in [0.2, 0.25) is 0 Å². The number of rotatable bonds is 1. The molecule has 0 aliphatic heterocycles. The third-order valence-corrected chi connectivity index (χ3v) is 1.43. The van der Waals surface area contributed by atoms with Crippen LogP contribution in [0.2, 0.25) is 0 Å². The molecule has 2 heteroatoms. The smallest absolute Gasteiger partial charge is 0.0696 e. The minimum Gasteiger partial charge on any atom is -0.402 e. The summed E-state index contributed by atoms with van der Waals surface area (Å²) in [6, 6.07) is 3.78. The molecule has 0 bridgehead atoms. The number of allylic oxidation sites excluding steroid dienone is 2. The van der Waals surface area contributed by atoms with E-state index in [0.717, 1.165) is 16.3 Å². The number of pyridine rings is 1. The molecule has 2 nitrogen and oxygen atoms in total. The first-order chi connectivity index (χ1) is 5.70. The molecule has 1 aromatic heterocycles. The van der Waals surface area contributed by atoms with Gasteiger partial charge in [-0.1, -0.05) is 12.6 Å². The monoisotopic (exact) mass is 160 g/mol. The zero-order valence-corrected chi connectivity index (χ0v) is 7.12. The van der Waals surface area contributed by atoms with Crippen molar-refractivity contribution in [1.82, 2.24) is 4.98 Å². The normalized spacial score (nSPS) is 13.4. The Labute approximate surface area is 71.7 Å². The summed E-state index contributed by atoms with van der Waals surface area (Å²) >= 11 is 0. The first kappa shape index (κ1) is 8.53. The van der Waals surface area contributed by atoms with E-state index >= 15 is 0 Å².